The second-order valence-electron chi connectivity index (χ2n) is 6.34. The normalized spacial score (nSPS) is 11.4. The molecule has 30 heavy (non-hydrogen) atoms. The monoisotopic (exact) mass is 408 g/mol. The number of likely N-dealkylation sites (N-methyl/N-ethyl adjacent to an activating group) is 1. The minimum Gasteiger partial charge on any atom is -0.465 e. The molecule has 0 saturated heterocycles. The highest BCUT2D eigenvalue weighted by molar-refractivity contribution is 5.98. The Morgan fingerprint density at radius 2 is 1.67 bits per heavy atom. The molecule has 0 aliphatic carbocycles. The minimum atomic E-state index is -1.23. The Bertz CT molecular complexity index is 1060. The highest BCUT2D eigenvalue weighted by Crippen LogP contribution is 2.28. The smallest absolute Gasteiger partial charge is 0.345 e. The molecular formula is C22H20N2O6. The molecule has 1 unspecified atom stereocenters. The Morgan fingerprint density at radius 1 is 1.00 bits per heavy atom. The Morgan fingerprint density at radius 3 is 2.27 bits per heavy atom. The first-order valence-electron chi connectivity index (χ1n) is 9.08. The molecule has 0 saturated carbocycles. The lowest BCUT2D eigenvalue weighted by Crippen LogP contribution is -2.29. The number of hydrogen-bond acceptors (Lipinski definition) is 7. The first-order valence-corrected chi connectivity index (χ1v) is 9.08. The number of benzene rings is 2. The number of aromatic nitrogens is 1. The van der Waals surface area contributed by atoms with E-state index >= 15 is 0 Å². The van der Waals surface area contributed by atoms with E-state index in [0.29, 0.717) is 22.4 Å². The summed E-state index contributed by atoms with van der Waals surface area (Å²) >= 11 is 0. The van der Waals surface area contributed by atoms with Gasteiger partial charge in [-0.05, 0) is 19.1 Å². The van der Waals surface area contributed by atoms with Crippen molar-refractivity contribution in [2.75, 3.05) is 14.2 Å². The lowest BCUT2D eigenvalue weighted by atomic mass is 10.0. The number of methoxy groups -OCH3 is 1. The van der Waals surface area contributed by atoms with Gasteiger partial charge in [-0.25, -0.2) is 9.59 Å². The molecule has 1 heterocycles. The summed E-state index contributed by atoms with van der Waals surface area (Å²) in [6.45, 7) is 1.59. The van der Waals surface area contributed by atoms with Gasteiger partial charge in [0.2, 0.25) is 6.10 Å². The maximum atomic E-state index is 13.0. The molecule has 2 aromatic carbocycles. The molecule has 3 aromatic rings. The number of ether oxygens (including phenoxy) is 2. The summed E-state index contributed by atoms with van der Waals surface area (Å²) in [6, 6.07) is 15.1. The maximum Gasteiger partial charge on any atom is 0.345 e. The molecular weight excluding hydrogens is 388 g/mol. The Labute approximate surface area is 172 Å². The molecule has 8 nitrogen and oxygen atoms in total. The zero-order valence-electron chi connectivity index (χ0n) is 16.7. The molecule has 154 valence electrons. The summed E-state index contributed by atoms with van der Waals surface area (Å²) in [7, 11) is 2.71. The van der Waals surface area contributed by atoms with Gasteiger partial charge in [0.05, 0.1) is 12.7 Å². The lowest BCUT2D eigenvalue weighted by Gasteiger charge is -2.17. The van der Waals surface area contributed by atoms with Crippen molar-refractivity contribution < 1.29 is 28.4 Å². The van der Waals surface area contributed by atoms with E-state index in [0.717, 1.165) is 0 Å². The first kappa shape index (κ1) is 20.8. The van der Waals surface area contributed by atoms with Crippen molar-refractivity contribution in [2.45, 2.75) is 13.0 Å². The number of nitrogens with zero attached hydrogens (tertiary/aromatic N) is 1. The molecule has 0 bridgehead atoms. The number of aryl methyl sites for hydroxylation is 1. The topological polar surface area (TPSA) is 108 Å². The molecule has 0 spiro atoms. The van der Waals surface area contributed by atoms with Crippen LogP contribution in [0.15, 0.2) is 59.1 Å². The van der Waals surface area contributed by atoms with Crippen molar-refractivity contribution in [1.82, 2.24) is 10.5 Å². The second kappa shape index (κ2) is 9.04. The average molecular weight is 408 g/mol. The van der Waals surface area contributed by atoms with Crippen molar-refractivity contribution in [3.63, 3.8) is 0 Å². The predicted octanol–water partition coefficient (Wildman–Crippen LogP) is 3.08. The third-order valence-corrected chi connectivity index (χ3v) is 4.46. The van der Waals surface area contributed by atoms with Gasteiger partial charge < -0.3 is 19.3 Å². The Kier molecular flexibility index (Phi) is 6.26. The maximum absolute atomic E-state index is 13.0. The van der Waals surface area contributed by atoms with E-state index in [9.17, 15) is 14.4 Å². The van der Waals surface area contributed by atoms with Gasteiger partial charge in [0.15, 0.2) is 0 Å². The highest BCUT2D eigenvalue weighted by atomic mass is 16.6. The summed E-state index contributed by atoms with van der Waals surface area (Å²) in [5, 5.41) is 6.44. The summed E-state index contributed by atoms with van der Waals surface area (Å²) in [5.74, 6) is -1.51. The molecule has 0 aliphatic heterocycles. The largest absolute Gasteiger partial charge is 0.465 e. The fourth-order valence-electron chi connectivity index (χ4n) is 2.89. The lowest BCUT2D eigenvalue weighted by molar-refractivity contribution is -0.129. The van der Waals surface area contributed by atoms with Crippen LogP contribution in [0.4, 0.5) is 0 Å². The number of rotatable bonds is 6. The second-order valence-corrected chi connectivity index (χ2v) is 6.34. The van der Waals surface area contributed by atoms with Crippen LogP contribution in [0.1, 0.15) is 38.1 Å². The molecule has 3 rings (SSSR count). The average Bonchev–Trinajstić information content (AvgIpc) is 3.18. The van der Waals surface area contributed by atoms with Crippen LogP contribution >= 0.6 is 0 Å². The molecule has 1 N–H and O–H groups in total. The van der Waals surface area contributed by atoms with Gasteiger partial charge in [-0.1, -0.05) is 47.6 Å². The van der Waals surface area contributed by atoms with Crippen LogP contribution in [0, 0.1) is 6.92 Å². The van der Waals surface area contributed by atoms with Gasteiger partial charge in [0, 0.05) is 18.2 Å². The van der Waals surface area contributed by atoms with Crippen molar-refractivity contribution in [1.29, 1.82) is 0 Å². The van der Waals surface area contributed by atoms with Gasteiger partial charge in [-0.15, -0.1) is 0 Å². The number of hydrogen-bond donors (Lipinski definition) is 1. The minimum absolute atomic E-state index is 0.140. The van der Waals surface area contributed by atoms with Crippen molar-refractivity contribution >= 4 is 17.8 Å². The van der Waals surface area contributed by atoms with E-state index in [1.807, 2.05) is 18.2 Å². The summed E-state index contributed by atoms with van der Waals surface area (Å²) in [5.41, 5.74) is 1.85. The predicted molar refractivity (Wildman–Crippen MR) is 107 cm³/mol. The van der Waals surface area contributed by atoms with Gasteiger partial charge in [-0.2, -0.15) is 0 Å². The molecule has 1 aromatic heterocycles. The molecule has 8 heteroatoms. The fraction of sp³-hybridized carbons (Fsp3) is 0.182. The number of nitrogens with one attached hydrogen (secondary N) is 1. The SMILES string of the molecule is CNC(=O)C(OC(=O)c1c(-c2ccccc2)noc1C)c1ccc(C(=O)OC)cc1. The zero-order chi connectivity index (χ0) is 21.7. The van der Waals surface area contributed by atoms with E-state index < -0.39 is 23.9 Å². The third-order valence-electron chi connectivity index (χ3n) is 4.46. The summed E-state index contributed by atoms with van der Waals surface area (Å²) in [6.07, 6.45) is -1.23. The molecule has 0 radical (unpaired) electrons. The number of amides is 1. The number of esters is 2. The van der Waals surface area contributed by atoms with Gasteiger partial charge >= 0.3 is 11.9 Å². The third kappa shape index (κ3) is 4.22. The molecule has 0 fully saturated rings. The Balaban J connectivity index is 1.92. The van der Waals surface area contributed by atoms with Crippen LogP contribution in [0.5, 0.6) is 0 Å². The van der Waals surface area contributed by atoms with Crippen molar-refractivity contribution in [3.05, 3.63) is 77.0 Å². The summed E-state index contributed by atoms with van der Waals surface area (Å²) < 4.78 is 15.4. The number of carbonyl (C=O) groups is 3. The standard InChI is InChI=1S/C22H20N2O6/c1-13-17(18(24-30-13)14-7-5-4-6-8-14)22(27)29-19(20(25)23-2)15-9-11-16(12-10-15)21(26)28-3/h4-12,19H,1-3H3,(H,23,25). The zero-order valence-corrected chi connectivity index (χ0v) is 16.7. The van der Waals surface area contributed by atoms with E-state index in [-0.39, 0.29) is 11.3 Å². The van der Waals surface area contributed by atoms with Gasteiger partial charge in [0.1, 0.15) is 17.0 Å². The molecule has 1 atom stereocenters. The van der Waals surface area contributed by atoms with E-state index in [4.69, 9.17) is 9.26 Å². The highest BCUT2D eigenvalue weighted by Gasteiger charge is 2.29. The van der Waals surface area contributed by atoms with Crippen molar-refractivity contribution in [2.24, 2.45) is 0 Å². The van der Waals surface area contributed by atoms with Gasteiger partial charge in [0.25, 0.3) is 5.91 Å². The van der Waals surface area contributed by atoms with E-state index in [1.54, 1.807) is 19.1 Å². The first-order chi connectivity index (χ1) is 14.5. The van der Waals surface area contributed by atoms with Crippen LogP contribution in [-0.2, 0) is 14.3 Å². The van der Waals surface area contributed by atoms with Gasteiger partial charge in [-0.3, -0.25) is 4.79 Å². The summed E-state index contributed by atoms with van der Waals surface area (Å²) in [4.78, 5) is 37.0. The molecule has 0 aliphatic rings. The van der Waals surface area contributed by atoms with Crippen LogP contribution in [0.25, 0.3) is 11.3 Å². The van der Waals surface area contributed by atoms with E-state index in [1.165, 1.54) is 38.4 Å². The van der Waals surface area contributed by atoms with Crippen LogP contribution in [-0.4, -0.2) is 37.2 Å². The van der Waals surface area contributed by atoms with Crippen LogP contribution in [0.3, 0.4) is 0 Å². The van der Waals surface area contributed by atoms with Crippen LogP contribution < -0.4 is 5.32 Å². The van der Waals surface area contributed by atoms with E-state index in [2.05, 4.69) is 15.2 Å². The number of carbonyl (C=O) groups excluding carboxylic acids is 3. The van der Waals surface area contributed by atoms with Crippen LogP contribution in [0.2, 0.25) is 0 Å². The van der Waals surface area contributed by atoms with Crippen molar-refractivity contribution in [3.8, 4) is 11.3 Å². The quantitative estimate of drug-likeness (QED) is 0.625. The fourth-order valence-corrected chi connectivity index (χ4v) is 2.89. The molecule has 1 amide bonds. The Hall–Kier alpha value is -3.94.